The van der Waals surface area contributed by atoms with Crippen molar-refractivity contribution in [3.8, 4) is 16.9 Å². The number of carbonyl (C=O) groups excluding carboxylic acids is 1. The molecule has 0 fully saturated rings. The summed E-state index contributed by atoms with van der Waals surface area (Å²) in [4.78, 5) is 15.4. The fourth-order valence-corrected chi connectivity index (χ4v) is 2.31. The van der Waals surface area contributed by atoms with Gasteiger partial charge in [0.05, 0.1) is 17.2 Å². The van der Waals surface area contributed by atoms with E-state index < -0.39 is 5.91 Å². The zero-order valence-corrected chi connectivity index (χ0v) is 11.5. The van der Waals surface area contributed by atoms with E-state index in [1.807, 2.05) is 0 Å². The normalized spacial score (nSPS) is 10.3. The van der Waals surface area contributed by atoms with Crippen molar-refractivity contribution in [2.75, 3.05) is 7.11 Å². The standard InChI is InChI=1S/C13H10Cl2N2O2/c1-19-7-2-3-8(13(16)18)9(4-7)12-10(14)5-17-6-11(12)15/h2-6H,1H3,(H2,16,18). The van der Waals surface area contributed by atoms with Crippen molar-refractivity contribution in [1.82, 2.24) is 4.98 Å². The van der Waals surface area contributed by atoms with Crippen LogP contribution < -0.4 is 10.5 Å². The van der Waals surface area contributed by atoms with Crippen molar-refractivity contribution in [2.24, 2.45) is 5.73 Å². The Bertz CT molecular complexity index is 624. The minimum atomic E-state index is -0.568. The summed E-state index contributed by atoms with van der Waals surface area (Å²) in [5, 5.41) is 0.673. The molecule has 0 atom stereocenters. The van der Waals surface area contributed by atoms with Crippen LogP contribution in [0.5, 0.6) is 5.75 Å². The highest BCUT2D eigenvalue weighted by Gasteiger charge is 2.16. The van der Waals surface area contributed by atoms with E-state index in [9.17, 15) is 4.79 Å². The Hall–Kier alpha value is -1.78. The number of hydrogen-bond acceptors (Lipinski definition) is 3. The summed E-state index contributed by atoms with van der Waals surface area (Å²) >= 11 is 12.2. The molecular formula is C13H10Cl2N2O2. The predicted molar refractivity (Wildman–Crippen MR) is 74.8 cm³/mol. The number of aromatic nitrogens is 1. The maximum absolute atomic E-state index is 11.5. The average Bonchev–Trinajstić information content (AvgIpc) is 2.38. The van der Waals surface area contributed by atoms with Gasteiger partial charge in [-0.3, -0.25) is 9.78 Å². The molecule has 0 saturated carbocycles. The fraction of sp³-hybridized carbons (Fsp3) is 0.0769. The average molecular weight is 297 g/mol. The van der Waals surface area contributed by atoms with E-state index in [1.54, 1.807) is 18.2 Å². The number of nitrogens with zero attached hydrogens (tertiary/aromatic N) is 1. The smallest absolute Gasteiger partial charge is 0.249 e. The van der Waals surface area contributed by atoms with Crippen molar-refractivity contribution in [1.29, 1.82) is 0 Å². The number of amides is 1. The summed E-state index contributed by atoms with van der Waals surface area (Å²) in [5.41, 5.74) is 6.70. The molecule has 2 N–H and O–H groups in total. The van der Waals surface area contributed by atoms with Gasteiger partial charge in [-0.05, 0) is 18.2 Å². The number of methoxy groups -OCH3 is 1. The van der Waals surface area contributed by atoms with Gasteiger partial charge in [0.1, 0.15) is 5.75 Å². The van der Waals surface area contributed by atoms with Gasteiger partial charge in [-0.2, -0.15) is 0 Å². The Kier molecular flexibility index (Phi) is 3.93. The number of ether oxygens (including phenoxy) is 1. The van der Waals surface area contributed by atoms with Crippen molar-refractivity contribution in [3.05, 3.63) is 46.2 Å². The van der Waals surface area contributed by atoms with E-state index in [2.05, 4.69) is 4.98 Å². The van der Waals surface area contributed by atoms with Crippen molar-refractivity contribution >= 4 is 29.1 Å². The minimum Gasteiger partial charge on any atom is -0.497 e. The molecule has 98 valence electrons. The van der Waals surface area contributed by atoms with Gasteiger partial charge < -0.3 is 10.5 Å². The van der Waals surface area contributed by atoms with E-state index in [1.165, 1.54) is 19.5 Å². The van der Waals surface area contributed by atoms with Gasteiger partial charge >= 0.3 is 0 Å². The maximum atomic E-state index is 11.5. The van der Waals surface area contributed by atoms with Crippen LogP contribution in [0.4, 0.5) is 0 Å². The zero-order chi connectivity index (χ0) is 14.0. The highest BCUT2D eigenvalue weighted by molar-refractivity contribution is 6.39. The molecule has 1 aromatic carbocycles. The van der Waals surface area contributed by atoms with Gasteiger partial charge in [0.15, 0.2) is 0 Å². The van der Waals surface area contributed by atoms with Crippen molar-refractivity contribution in [2.45, 2.75) is 0 Å². The highest BCUT2D eigenvalue weighted by Crippen LogP contribution is 2.37. The first-order chi connectivity index (χ1) is 9.04. The second-order valence-electron chi connectivity index (χ2n) is 3.75. The summed E-state index contributed by atoms with van der Waals surface area (Å²) in [6, 6.07) is 4.88. The molecule has 1 heterocycles. The Morgan fingerprint density at radius 1 is 1.26 bits per heavy atom. The summed E-state index contributed by atoms with van der Waals surface area (Å²) in [6.45, 7) is 0. The minimum absolute atomic E-state index is 0.316. The quantitative estimate of drug-likeness (QED) is 0.946. The van der Waals surface area contributed by atoms with Gasteiger partial charge in [-0.25, -0.2) is 0 Å². The summed E-state index contributed by atoms with van der Waals surface area (Å²) in [7, 11) is 1.53. The molecule has 2 aromatic rings. The van der Waals surface area contributed by atoms with Gasteiger partial charge in [0, 0.05) is 29.1 Å². The van der Waals surface area contributed by atoms with Gasteiger partial charge in [0.2, 0.25) is 5.91 Å². The van der Waals surface area contributed by atoms with Crippen molar-refractivity contribution in [3.63, 3.8) is 0 Å². The Balaban J connectivity index is 2.75. The molecule has 19 heavy (non-hydrogen) atoms. The molecule has 0 spiro atoms. The molecule has 0 aliphatic rings. The molecule has 0 bridgehead atoms. The molecule has 1 amide bonds. The number of pyridine rings is 1. The third kappa shape index (κ3) is 2.64. The second kappa shape index (κ2) is 5.47. The molecule has 0 unspecified atom stereocenters. The van der Waals surface area contributed by atoms with E-state index in [0.29, 0.717) is 32.5 Å². The summed E-state index contributed by atoms with van der Waals surface area (Å²) in [5.74, 6) is 0.00513. The van der Waals surface area contributed by atoms with Crippen LogP contribution >= 0.6 is 23.2 Å². The van der Waals surface area contributed by atoms with Crippen LogP contribution in [-0.2, 0) is 0 Å². The Morgan fingerprint density at radius 3 is 2.42 bits per heavy atom. The van der Waals surface area contributed by atoms with Gasteiger partial charge in [-0.1, -0.05) is 23.2 Å². The lowest BCUT2D eigenvalue weighted by molar-refractivity contribution is 0.100. The van der Waals surface area contributed by atoms with E-state index in [-0.39, 0.29) is 0 Å². The molecule has 0 radical (unpaired) electrons. The van der Waals surface area contributed by atoms with Crippen LogP contribution in [0.1, 0.15) is 10.4 Å². The topological polar surface area (TPSA) is 65.2 Å². The lowest BCUT2D eigenvalue weighted by Gasteiger charge is -2.12. The third-order valence-corrected chi connectivity index (χ3v) is 3.19. The number of nitrogens with two attached hydrogens (primary N) is 1. The third-order valence-electron chi connectivity index (χ3n) is 2.61. The van der Waals surface area contributed by atoms with E-state index in [0.717, 1.165) is 0 Å². The van der Waals surface area contributed by atoms with E-state index in [4.69, 9.17) is 33.7 Å². The molecule has 0 aliphatic carbocycles. The number of hydrogen-bond donors (Lipinski definition) is 1. The molecule has 2 rings (SSSR count). The van der Waals surface area contributed by atoms with Crippen LogP contribution in [0.15, 0.2) is 30.6 Å². The molecule has 0 aliphatic heterocycles. The molecule has 6 heteroatoms. The van der Waals surface area contributed by atoms with Crippen LogP contribution in [0, 0.1) is 0 Å². The lowest BCUT2D eigenvalue weighted by Crippen LogP contribution is -2.12. The Labute approximate surface area is 120 Å². The largest absolute Gasteiger partial charge is 0.497 e. The number of halogens is 2. The Morgan fingerprint density at radius 2 is 1.89 bits per heavy atom. The SMILES string of the molecule is COc1ccc(C(N)=O)c(-c2c(Cl)cncc2Cl)c1. The maximum Gasteiger partial charge on any atom is 0.249 e. The van der Waals surface area contributed by atoms with Gasteiger partial charge in [0.25, 0.3) is 0 Å². The lowest BCUT2D eigenvalue weighted by atomic mass is 9.99. The van der Waals surface area contributed by atoms with Crippen molar-refractivity contribution < 1.29 is 9.53 Å². The second-order valence-corrected chi connectivity index (χ2v) is 4.57. The van der Waals surface area contributed by atoms with Crippen LogP contribution in [-0.4, -0.2) is 18.0 Å². The molecule has 1 aromatic heterocycles. The number of primary amides is 1. The number of benzene rings is 1. The monoisotopic (exact) mass is 296 g/mol. The fourth-order valence-electron chi connectivity index (χ4n) is 1.74. The first-order valence-corrected chi connectivity index (χ1v) is 6.07. The predicted octanol–water partition coefficient (Wildman–Crippen LogP) is 3.16. The number of rotatable bonds is 3. The molecule has 0 saturated heterocycles. The summed E-state index contributed by atoms with van der Waals surface area (Å²) in [6.07, 6.45) is 2.90. The summed E-state index contributed by atoms with van der Waals surface area (Å²) < 4.78 is 5.14. The van der Waals surface area contributed by atoms with E-state index >= 15 is 0 Å². The first kappa shape index (κ1) is 13.6. The highest BCUT2D eigenvalue weighted by atomic mass is 35.5. The molecular weight excluding hydrogens is 287 g/mol. The van der Waals surface area contributed by atoms with Gasteiger partial charge in [-0.15, -0.1) is 0 Å². The van der Waals surface area contributed by atoms with Crippen LogP contribution in [0.25, 0.3) is 11.1 Å². The zero-order valence-electron chi connectivity index (χ0n) is 9.98. The van der Waals surface area contributed by atoms with Crippen LogP contribution in [0.2, 0.25) is 10.0 Å². The number of carbonyl (C=O) groups is 1. The molecule has 4 nitrogen and oxygen atoms in total. The first-order valence-electron chi connectivity index (χ1n) is 5.31. The van der Waals surface area contributed by atoms with Crippen LogP contribution in [0.3, 0.4) is 0 Å².